The fraction of sp³-hybridized carbons (Fsp3) is 0.0500. The van der Waals surface area contributed by atoms with Gasteiger partial charge >= 0.3 is 0 Å². The highest BCUT2D eigenvalue weighted by Gasteiger charge is 2.20. The molecule has 4 aromatic rings. The number of benzene rings is 3. The van der Waals surface area contributed by atoms with Gasteiger partial charge in [-0.05, 0) is 18.2 Å². The molecule has 0 atom stereocenters. The molecule has 9 heteroatoms. The van der Waals surface area contributed by atoms with Gasteiger partial charge in [0.1, 0.15) is 5.75 Å². The number of para-hydroxylation sites is 1. The molecule has 4 rings (SSSR count). The number of hydrogen-bond donors (Lipinski definition) is 2. The number of anilines is 1. The summed E-state index contributed by atoms with van der Waals surface area (Å²) in [5, 5.41) is 19.2. The van der Waals surface area contributed by atoms with Crippen molar-refractivity contribution >= 4 is 32.3 Å². The van der Waals surface area contributed by atoms with Gasteiger partial charge < -0.3 is 0 Å². The van der Waals surface area contributed by atoms with Gasteiger partial charge in [-0.2, -0.15) is 5.10 Å². The summed E-state index contributed by atoms with van der Waals surface area (Å²) in [6.45, 7) is 0. The number of fused-ring (bicyclic) bond motifs is 1. The van der Waals surface area contributed by atoms with E-state index in [2.05, 4.69) is 14.9 Å². The summed E-state index contributed by atoms with van der Waals surface area (Å²) in [5.41, 5.74) is 2.63. The highest BCUT2D eigenvalue weighted by molar-refractivity contribution is 7.91. The number of nitrogens with zero attached hydrogens (tertiary/aromatic N) is 2. The van der Waals surface area contributed by atoms with Crippen molar-refractivity contribution in [3.8, 4) is 11.3 Å². The average Bonchev–Trinajstić information content (AvgIpc) is 3.11. The van der Waals surface area contributed by atoms with E-state index < -0.39 is 20.7 Å². The van der Waals surface area contributed by atoms with Crippen molar-refractivity contribution in [2.45, 2.75) is 5.75 Å². The van der Waals surface area contributed by atoms with Gasteiger partial charge in [-0.1, -0.05) is 48.5 Å². The molecule has 3 aromatic carbocycles. The van der Waals surface area contributed by atoms with E-state index in [-0.39, 0.29) is 11.3 Å². The number of hydrogen-bond acceptors (Lipinski definition) is 5. The van der Waals surface area contributed by atoms with Crippen molar-refractivity contribution < 1.29 is 13.3 Å². The number of sulfonamides is 1. The molecule has 2 N–H and O–H groups in total. The van der Waals surface area contributed by atoms with Crippen LogP contribution in [0, 0.1) is 10.1 Å². The van der Waals surface area contributed by atoms with E-state index in [0.717, 1.165) is 16.5 Å². The molecule has 0 amide bonds. The SMILES string of the molecule is O=[N+]([O-])c1ccccc1CS(=O)(=O)Nc1ccc2[nH]nc(-c3ccccc3)c2c1. The van der Waals surface area contributed by atoms with Crippen LogP contribution in [0.2, 0.25) is 0 Å². The Balaban J connectivity index is 1.65. The fourth-order valence-corrected chi connectivity index (χ4v) is 4.34. The maximum atomic E-state index is 12.6. The largest absolute Gasteiger partial charge is 0.283 e. The summed E-state index contributed by atoms with van der Waals surface area (Å²) in [6.07, 6.45) is 0. The summed E-state index contributed by atoms with van der Waals surface area (Å²) in [6, 6.07) is 20.4. The van der Waals surface area contributed by atoms with Gasteiger partial charge in [-0.15, -0.1) is 0 Å². The van der Waals surface area contributed by atoms with E-state index >= 15 is 0 Å². The quantitative estimate of drug-likeness (QED) is 0.368. The first-order chi connectivity index (χ1) is 13.9. The van der Waals surface area contributed by atoms with E-state index in [1.165, 1.54) is 18.2 Å². The van der Waals surface area contributed by atoms with Gasteiger partial charge in [0.25, 0.3) is 5.69 Å². The molecule has 1 aromatic heterocycles. The Morgan fingerprint density at radius 3 is 2.48 bits per heavy atom. The molecule has 0 radical (unpaired) electrons. The predicted molar refractivity (Wildman–Crippen MR) is 111 cm³/mol. The second-order valence-corrected chi connectivity index (χ2v) is 8.17. The van der Waals surface area contributed by atoms with Gasteiger partial charge in [-0.3, -0.25) is 19.9 Å². The Morgan fingerprint density at radius 1 is 1.00 bits per heavy atom. The minimum Gasteiger partial charge on any atom is -0.283 e. The van der Waals surface area contributed by atoms with Gasteiger partial charge in [0, 0.05) is 28.3 Å². The second kappa shape index (κ2) is 7.36. The lowest BCUT2D eigenvalue weighted by Gasteiger charge is -2.09. The molecule has 146 valence electrons. The summed E-state index contributed by atoms with van der Waals surface area (Å²) >= 11 is 0. The second-order valence-electron chi connectivity index (χ2n) is 6.45. The van der Waals surface area contributed by atoms with Crippen molar-refractivity contribution in [1.82, 2.24) is 10.2 Å². The maximum Gasteiger partial charge on any atom is 0.273 e. The standard InChI is InChI=1S/C20H16N4O4S/c25-24(26)19-9-5-4-8-15(19)13-29(27,28)23-16-10-11-18-17(12-16)20(22-21-18)14-6-2-1-3-7-14/h1-12,23H,13H2,(H,21,22). The van der Waals surface area contributed by atoms with Crippen LogP contribution in [0.4, 0.5) is 11.4 Å². The number of rotatable bonds is 6. The molecule has 0 aliphatic heterocycles. The lowest BCUT2D eigenvalue weighted by molar-refractivity contribution is -0.385. The van der Waals surface area contributed by atoms with Crippen molar-refractivity contribution in [2.24, 2.45) is 0 Å². The van der Waals surface area contributed by atoms with Crippen LogP contribution in [0.25, 0.3) is 22.2 Å². The van der Waals surface area contributed by atoms with Crippen LogP contribution in [0.5, 0.6) is 0 Å². The van der Waals surface area contributed by atoms with Crippen molar-refractivity contribution in [3.63, 3.8) is 0 Å². The van der Waals surface area contributed by atoms with E-state index in [9.17, 15) is 18.5 Å². The van der Waals surface area contributed by atoms with E-state index in [4.69, 9.17) is 0 Å². The first kappa shape index (κ1) is 18.6. The zero-order valence-corrected chi connectivity index (χ0v) is 15.9. The summed E-state index contributed by atoms with van der Waals surface area (Å²) in [5.74, 6) is -0.501. The Morgan fingerprint density at radius 2 is 1.72 bits per heavy atom. The molecule has 0 unspecified atom stereocenters. The highest BCUT2D eigenvalue weighted by Crippen LogP contribution is 2.29. The van der Waals surface area contributed by atoms with E-state index in [0.29, 0.717) is 11.4 Å². The third kappa shape index (κ3) is 3.94. The molecule has 1 heterocycles. The molecule has 0 aliphatic carbocycles. The van der Waals surface area contributed by atoms with Crippen molar-refractivity contribution in [1.29, 1.82) is 0 Å². The molecular formula is C20H16N4O4S. The van der Waals surface area contributed by atoms with Crippen LogP contribution in [0.15, 0.2) is 72.8 Å². The molecule has 0 spiro atoms. The van der Waals surface area contributed by atoms with Gasteiger partial charge in [0.05, 0.1) is 16.1 Å². The van der Waals surface area contributed by atoms with E-state index in [1.807, 2.05) is 30.3 Å². The average molecular weight is 408 g/mol. The zero-order valence-electron chi connectivity index (χ0n) is 15.1. The minimum absolute atomic E-state index is 0.124. The number of nitrogens with one attached hydrogen (secondary N) is 2. The van der Waals surface area contributed by atoms with Crippen molar-refractivity contribution in [3.05, 3.63) is 88.5 Å². The molecule has 29 heavy (non-hydrogen) atoms. The zero-order chi connectivity index (χ0) is 20.4. The summed E-state index contributed by atoms with van der Waals surface area (Å²) in [7, 11) is -3.86. The lowest BCUT2D eigenvalue weighted by atomic mass is 10.1. The molecule has 0 saturated heterocycles. The molecule has 0 fully saturated rings. The van der Waals surface area contributed by atoms with Crippen LogP contribution < -0.4 is 4.72 Å². The first-order valence-corrected chi connectivity index (χ1v) is 10.3. The van der Waals surface area contributed by atoms with Gasteiger partial charge in [-0.25, -0.2) is 8.42 Å². The molecule has 0 bridgehead atoms. The minimum atomic E-state index is -3.86. The molecular weight excluding hydrogens is 392 g/mol. The van der Waals surface area contributed by atoms with Gasteiger partial charge in [0.15, 0.2) is 0 Å². The Hall–Kier alpha value is -3.72. The number of nitro groups is 1. The molecule has 0 saturated carbocycles. The number of aromatic nitrogens is 2. The number of nitro benzene ring substituents is 1. The third-order valence-electron chi connectivity index (χ3n) is 4.42. The molecule has 0 aliphatic rings. The van der Waals surface area contributed by atoms with Crippen LogP contribution in [0.1, 0.15) is 5.56 Å². The Bertz CT molecular complexity index is 1300. The van der Waals surface area contributed by atoms with Gasteiger partial charge in [0.2, 0.25) is 10.0 Å². The predicted octanol–water partition coefficient (Wildman–Crippen LogP) is 4.08. The Kier molecular flexibility index (Phi) is 4.73. The molecule has 8 nitrogen and oxygen atoms in total. The number of aromatic amines is 1. The monoisotopic (exact) mass is 408 g/mol. The summed E-state index contributed by atoms with van der Waals surface area (Å²) in [4.78, 5) is 10.5. The fourth-order valence-electron chi connectivity index (χ4n) is 3.12. The lowest BCUT2D eigenvalue weighted by Crippen LogP contribution is -2.15. The normalized spacial score (nSPS) is 11.4. The van der Waals surface area contributed by atoms with Crippen molar-refractivity contribution in [2.75, 3.05) is 4.72 Å². The van der Waals surface area contributed by atoms with Crippen LogP contribution in [-0.4, -0.2) is 23.5 Å². The number of H-pyrrole nitrogens is 1. The first-order valence-electron chi connectivity index (χ1n) is 8.69. The Labute approximate surface area is 166 Å². The topological polar surface area (TPSA) is 118 Å². The maximum absolute atomic E-state index is 12.6. The van der Waals surface area contributed by atoms with E-state index in [1.54, 1.807) is 24.3 Å². The third-order valence-corrected chi connectivity index (χ3v) is 5.66. The summed E-state index contributed by atoms with van der Waals surface area (Å²) < 4.78 is 27.7. The highest BCUT2D eigenvalue weighted by atomic mass is 32.2. The smallest absolute Gasteiger partial charge is 0.273 e. The van der Waals surface area contributed by atoms with Crippen LogP contribution >= 0.6 is 0 Å². The van der Waals surface area contributed by atoms with Crippen LogP contribution in [-0.2, 0) is 15.8 Å². The van der Waals surface area contributed by atoms with Crippen LogP contribution in [0.3, 0.4) is 0 Å².